The lowest BCUT2D eigenvalue weighted by atomic mass is 9.99. The molecule has 1 saturated heterocycles. The first kappa shape index (κ1) is 7.35. The second-order valence-corrected chi connectivity index (χ2v) is 3.26. The van der Waals surface area contributed by atoms with Crippen LogP contribution < -0.4 is 0 Å². The molecule has 1 aliphatic heterocycles. The lowest BCUT2D eigenvalue weighted by Crippen LogP contribution is -2.35. The fourth-order valence-electron chi connectivity index (χ4n) is 1.01. The van der Waals surface area contributed by atoms with Gasteiger partial charge < -0.3 is 0 Å². The Bertz CT molecular complexity index is 99.1. The molecule has 1 nitrogen and oxygen atoms in total. The van der Waals surface area contributed by atoms with Crippen molar-refractivity contribution in [3.8, 4) is 0 Å². The Morgan fingerprint density at radius 1 is 1.67 bits per heavy atom. The van der Waals surface area contributed by atoms with Crippen molar-refractivity contribution in [1.82, 2.24) is 4.31 Å². The Kier molecular flexibility index (Phi) is 2.35. The summed E-state index contributed by atoms with van der Waals surface area (Å²) in [6.07, 6.45) is 0.265. The molecule has 0 N–H and O–H groups in total. The van der Waals surface area contributed by atoms with Crippen LogP contribution in [0.3, 0.4) is 0 Å². The molecule has 3 heteroatoms. The highest BCUT2D eigenvalue weighted by Crippen LogP contribution is 2.20. The van der Waals surface area contributed by atoms with Gasteiger partial charge in [0.1, 0.15) is 6.17 Å². The summed E-state index contributed by atoms with van der Waals surface area (Å²) in [5.74, 6) is 0.230. The van der Waals surface area contributed by atoms with E-state index in [1.807, 2.05) is 6.92 Å². The highest BCUT2D eigenvalue weighted by molar-refractivity contribution is 7.77. The van der Waals surface area contributed by atoms with Gasteiger partial charge in [-0.25, -0.2) is 4.39 Å². The van der Waals surface area contributed by atoms with Crippen molar-refractivity contribution in [3.63, 3.8) is 0 Å². The van der Waals surface area contributed by atoms with Crippen LogP contribution in [0.25, 0.3) is 0 Å². The van der Waals surface area contributed by atoms with Gasteiger partial charge in [0.25, 0.3) is 0 Å². The monoisotopic (exact) mass is 149 g/mol. The maximum Gasteiger partial charge on any atom is 0.116 e. The molecule has 0 aromatic carbocycles. The van der Waals surface area contributed by atoms with Gasteiger partial charge in [-0.3, -0.25) is 4.31 Å². The molecular weight excluding hydrogens is 137 g/mol. The number of nitrogens with zero attached hydrogens (tertiary/aromatic N) is 1. The van der Waals surface area contributed by atoms with Crippen LogP contribution in [-0.2, 0) is 0 Å². The Morgan fingerprint density at radius 3 is 2.78 bits per heavy atom. The zero-order valence-electron chi connectivity index (χ0n) is 5.55. The average Bonchev–Trinajstić information content (AvgIpc) is 1.80. The maximum absolute atomic E-state index is 12.7. The highest BCUT2D eigenvalue weighted by Gasteiger charge is 2.23. The third-order valence-corrected chi connectivity index (χ3v) is 2.21. The van der Waals surface area contributed by atoms with E-state index in [2.05, 4.69) is 12.8 Å². The number of alkyl halides is 1. The van der Waals surface area contributed by atoms with E-state index in [-0.39, 0.29) is 5.92 Å². The Hall–Kier alpha value is 0.240. The fourth-order valence-corrected chi connectivity index (χ4v) is 1.28. The lowest BCUT2D eigenvalue weighted by molar-refractivity contribution is 0.152. The predicted molar refractivity (Wildman–Crippen MR) is 39.2 cm³/mol. The fraction of sp³-hybridized carbons (Fsp3) is 1.00. The zero-order chi connectivity index (χ0) is 6.85. The van der Waals surface area contributed by atoms with Gasteiger partial charge in [0.05, 0.1) is 0 Å². The van der Waals surface area contributed by atoms with E-state index in [0.29, 0.717) is 6.54 Å². The van der Waals surface area contributed by atoms with E-state index in [0.717, 1.165) is 13.0 Å². The van der Waals surface area contributed by atoms with Gasteiger partial charge in [-0.2, -0.15) is 0 Å². The number of hydrogen-bond donors (Lipinski definition) is 1. The van der Waals surface area contributed by atoms with Crippen molar-refractivity contribution < 1.29 is 4.39 Å². The van der Waals surface area contributed by atoms with Crippen molar-refractivity contribution >= 4 is 12.8 Å². The Morgan fingerprint density at radius 2 is 2.33 bits per heavy atom. The van der Waals surface area contributed by atoms with Crippen molar-refractivity contribution in [2.75, 3.05) is 13.1 Å². The summed E-state index contributed by atoms with van der Waals surface area (Å²) in [5.41, 5.74) is 0. The summed E-state index contributed by atoms with van der Waals surface area (Å²) < 4.78 is 14.5. The summed E-state index contributed by atoms with van der Waals surface area (Å²) in [6, 6.07) is 0. The summed E-state index contributed by atoms with van der Waals surface area (Å²) in [4.78, 5) is 0. The molecule has 0 aromatic rings. The summed E-state index contributed by atoms with van der Waals surface area (Å²) in [6.45, 7) is 3.36. The highest BCUT2D eigenvalue weighted by atomic mass is 32.1. The van der Waals surface area contributed by atoms with Crippen LogP contribution in [0.15, 0.2) is 0 Å². The van der Waals surface area contributed by atoms with Crippen molar-refractivity contribution in [2.45, 2.75) is 19.5 Å². The Labute approximate surface area is 60.8 Å². The van der Waals surface area contributed by atoms with Crippen LogP contribution >= 0.6 is 12.8 Å². The molecule has 0 radical (unpaired) electrons. The first-order chi connectivity index (χ1) is 4.20. The SMILES string of the molecule is CC1CCN(S)CC1F. The lowest BCUT2D eigenvalue weighted by Gasteiger charge is -2.28. The minimum Gasteiger partial charge on any atom is -0.250 e. The normalized spacial score (nSPS) is 39.0. The van der Waals surface area contributed by atoms with Gasteiger partial charge in [0.2, 0.25) is 0 Å². The summed E-state index contributed by atoms with van der Waals surface area (Å²) >= 11 is 4.05. The summed E-state index contributed by atoms with van der Waals surface area (Å²) in [7, 11) is 0. The molecule has 2 atom stereocenters. The minimum atomic E-state index is -0.670. The molecule has 9 heavy (non-hydrogen) atoms. The van der Waals surface area contributed by atoms with E-state index >= 15 is 0 Å². The topological polar surface area (TPSA) is 3.24 Å². The first-order valence-corrected chi connectivity index (χ1v) is 3.68. The third kappa shape index (κ3) is 1.83. The van der Waals surface area contributed by atoms with E-state index in [4.69, 9.17) is 0 Å². The summed E-state index contributed by atoms with van der Waals surface area (Å²) in [5, 5.41) is 0. The van der Waals surface area contributed by atoms with Gasteiger partial charge in [0, 0.05) is 13.1 Å². The molecule has 0 bridgehead atoms. The minimum absolute atomic E-state index is 0.230. The van der Waals surface area contributed by atoms with Gasteiger partial charge in [-0.15, -0.1) is 0 Å². The average molecular weight is 149 g/mol. The van der Waals surface area contributed by atoms with Crippen LogP contribution in [0.4, 0.5) is 4.39 Å². The van der Waals surface area contributed by atoms with E-state index in [1.54, 1.807) is 4.31 Å². The molecule has 0 amide bonds. The van der Waals surface area contributed by atoms with Crippen LogP contribution in [0.2, 0.25) is 0 Å². The van der Waals surface area contributed by atoms with E-state index < -0.39 is 6.17 Å². The zero-order valence-corrected chi connectivity index (χ0v) is 6.44. The molecule has 0 aromatic heterocycles. The quantitative estimate of drug-likeness (QED) is 0.511. The molecule has 1 rings (SSSR count). The molecule has 1 heterocycles. The maximum atomic E-state index is 12.7. The molecule has 2 unspecified atom stereocenters. The third-order valence-electron chi connectivity index (χ3n) is 1.85. The number of thiol groups is 1. The molecule has 0 aliphatic carbocycles. The molecule has 0 saturated carbocycles. The first-order valence-electron chi connectivity index (χ1n) is 3.28. The van der Waals surface area contributed by atoms with Crippen molar-refractivity contribution in [2.24, 2.45) is 5.92 Å². The second kappa shape index (κ2) is 2.88. The smallest absolute Gasteiger partial charge is 0.116 e. The molecule has 1 aliphatic rings. The van der Waals surface area contributed by atoms with E-state index in [1.165, 1.54) is 0 Å². The largest absolute Gasteiger partial charge is 0.250 e. The van der Waals surface area contributed by atoms with E-state index in [9.17, 15) is 4.39 Å². The standard InChI is InChI=1S/C6H12FNS/c1-5-2-3-8(9)4-6(5)7/h5-6,9H,2-4H2,1H3. The number of halogens is 1. The van der Waals surface area contributed by atoms with Gasteiger partial charge in [-0.1, -0.05) is 19.7 Å². The van der Waals surface area contributed by atoms with Crippen LogP contribution in [0, 0.1) is 5.92 Å². The predicted octanol–water partition coefficient (Wildman–Crippen LogP) is 1.51. The Balaban J connectivity index is 2.35. The molecule has 0 spiro atoms. The van der Waals surface area contributed by atoms with Crippen LogP contribution in [-0.4, -0.2) is 23.6 Å². The second-order valence-electron chi connectivity index (χ2n) is 2.69. The van der Waals surface area contributed by atoms with Crippen molar-refractivity contribution in [1.29, 1.82) is 0 Å². The number of rotatable bonds is 0. The van der Waals surface area contributed by atoms with Gasteiger partial charge >= 0.3 is 0 Å². The van der Waals surface area contributed by atoms with Crippen LogP contribution in [0.5, 0.6) is 0 Å². The molecule has 1 fully saturated rings. The number of piperidine rings is 1. The number of hydrogen-bond acceptors (Lipinski definition) is 2. The van der Waals surface area contributed by atoms with Crippen LogP contribution in [0.1, 0.15) is 13.3 Å². The van der Waals surface area contributed by atoms with Crippen molar-refractivity contribution in [3.05, 3.63) is 0 Å². The van der Waals surface area contributed by atoms with Gasteiger partial charge in [-0.05, 0) is 12.3 Å². The van der Waals surface area contributed by atoms with Gasteiger partial charge in [0.15, 0.2) is 0 Å². The molecular formula is C6H12FNS. The molecule has 54 valence electrons.